The molecule has 4 N–H and O–H groups in total. The van der Waals surface area contributed by atoms with Crippen molar-refractivity contribution >= 4 is 32.8 Å². The monoisotopic (exact) mass is 296 g/mol. The average molecular weight is 297 g/mol. The minimum absolute atomic E-state index is 0.336. The summed E-state index contributed by atoms with van der Waals surface area (Å²) in [5.74, 6) is -0.976. The van der Waals surface area contributed by atoms with Crippen molar-refractivity contribution in [1.82, 2.24) is 4.98 Å². The summed E-state index contributed by atoms with van der Waals surface area (Å²) < 4.78 is 0.986. The van der Waals surface area contributed by atoms with Gasteiger partial charge in [0.2, 0.25) is 0 Å². The van der Waals surface area contributed by atoms with Gasteiger partial charge in [0, 0.05) is 27.5 Å². The molecule has 0 spiro atoms. The maximum Gasteiger partial charge on any atom is 0.320 e. The molecule has 0 aliphatic rings. The van der Waals surface area contributed by atoms with Crippen LogP contribution in [0.25, 0.3) is 10.9 Å². The van der Waals surface area contributed by atoms with Crippen molar-refractivity contribution < 1.29 is 9.90 Å². The maximum atomic E-state index is 10.8. The van der Waals surface area contributed by atoms with E-state index in [1.807, 2.05) is 25.1 Å². The lowest BCUT2D eigenvalue weighted by Gasteiger charge is -2.06. The predicted molar refractivity (Wildman–Crippen MR) is 70.1 cm³/mol. The van der Waals surface area contributed by atoms with Gasteiger partial charge in [-0.3, -0.25) is 4.79 Å². The summed E-state index contributed by atoms with van der Waals surface area (Å²) in [6.07, 6.45) is 0.336. The Morgan fingerprint density at radius 1 is 1.59 bits per heavy atom. The molecule has 90 valence electrons. The van der Waals surface area contributed by atoms with Gasteiger partial charge in [0.1, 0.15) is 6.04 Å². The normalized spacial score (nSPS) is 12.9. The second kappa shape index (κ2) is 4.50. The molecule has 0 saturated heterocycles. The third-order valence-electron chi connectivity index (χ3n) is 2.82. The van der Waals surface area contributed by atoms with Crippen molar-refractivity contribution in [2.24, 2.45) is 5.73 Å². The van der Waals surface area contributed by atoms with Crippen LogP contribution in [-0.4, -0.2) is 22.1 Å². The lowest BCUT2D eigenvalue weighted by molar-refractivity contribution is -0.138. The van der Waals surface area contributed by atoms with Gasteiger partial charge in [-0.05, 0) is 24.6 Å². The van der Waals surface area contributed by atoms with Crippen LogP contribution < -0.4 is 5.73 Å². The number of halogens is 1. The molecule has 1 aromatic carbocycles. The zero-order chi connectivity index (χ0) is 12.6. The van der Waals surface area contributed by atoms with E-state index in [0.29, 0.717) is 6.42 Å². The lowest BCUT2D eigenvalue weighted by Crippen LogP contribution is -2.32. The molecule has 1 aromatic heterocycles. The Balaban J connectivity index is 2.46. The number of H-pyrrole nitrogens is 1. The SMILES string of the molecule is Cc1[nH]c2cc(Br)ccc2c1CC(N)C(=O)O. The fourth-order valence-electron chi connectivity index (χ4n) is 1.93. The highest BCUT2D eigenvalue weighted by molar-refractivity contribution is 9.10. The molecular formula is C12H13BrN2O2. The average Bonchev–Trinajstić information content (AvgIpc) is 2.54. The van der Waals surface area contributed by atoms with Crippen molar-refractivity contribution in [2.45, 2.75) is 19.4 Å². The summed E-state index contributed by atoms with van der Waals surface area (Å²) in [6.45, 7) is 1.93. The first-order valence-electron chi connectivity index (χ1n) is 5.24. The standard InChI is InChI=1S/C12H13BrN2O2/c1-6-9(5-10(14)12(16)17)8-3-2-7(13)4-11(8)15-6/h2-4,10,15H,5,14H2,1H3,(H,16,17). The number of benzene rings is 1. The first kappa shape index (κ1) is 12.1. The Morgan fingerprint density at radius 3 is 2.94 bits per heavy atom. The molecule has 0 fully saturated rings. The maximum absolute atomic E-state index is 10.8. The van der Waals surface area contributed by atoms with E-state index in [-0.39, 0.29) is 0 Å². The molecule has 0 aliphatic carbocycles. The van der Waals surface area contributed by atoms with Gasteiger partial charge in [-0.1, -0.05) is 22.0 Å². The van der Waals surface area contributed by atoms with Crippen molar-refractivity contribution in [3.05, 3.63) is 33.9 Å². The zero-order valence-electron chi connectivity index (χ0n) is 9.33. The first-order valence-corrected chi connectivity index (χ1v) is 6.03. The second-order valence-electron chi connectivity index (χ2n) is 4.07. The highest BCUT2D eigenvalue weighted by Crippen LogP contribution is 2.26. The van der Waals surface area contributed by atoms with Crippen LogP contribution in [0.3, 0.4) is 0 Å². The number of fused-ring (bicyclic) bond motifs is 1. The number of aromatic amines is 1. The molecule has 0 bridgehead atoms. The van der Waals surface area contributed by atoms with Gasteiger partial charge in [0.15, 0.2) is 0 Å². The van der Waals surface area contributed by atoms with Crippen molar-refractivity contribution in [1.29, 1.82) is 0 Å². The Labute approximate surface area is 107 Å². The molecule has 0 aliphatic heterocycles. The fraction of sp³-hybridized carbons (Fsp3) is 0.250. The molecule has 1 unspecified atom stereocenters. The largest absolute Gasteiger partial charge is 0.480 e. The number of aromatic nitrogens is 1. The number of hydrogen-bond donors (Lipinski definition) is 3. The number of carboxylic acids is 1. The van der Waals surface area contributed by atoms with Gasteiger partial charge in [-0.25, -0.2) is 0 Å². The highest BCUT2D eigenvalue weighted by Gasteiger charge is 2.17. The Kier molecular flexibility index (Phi) is 3.22. The van der Waals surface area contributed by atoms with Crippen LogP contribution in [-0.2, 0) is 11.2 Å². The Hall–Kier alpha value is -1.33. The van der Waals surface area contributed by atoms with Crippen LogP contribution in [0.2, 0.25) is 0 Å². The van der Waals surface area contributed by atoms with E-state index >= 15 is 0 Å². The van der Waals surface area contributed by atoms with E-state index in [1.54, 1.807) is 0 Å². The van der Waals surface area contributed by atoms with Crippen LogP contribution in [0, 0.1) is 6.92 Å². The molecule has 2 rings (SSSR count). The molecule has 2 aromatic rings. The van der Waals surface area contributed by atoms with Crippen LogP contribution >= 0.6 is 15.9 Å². The summed E-state index contributed by atoms with van der Waals surface area (Å²) in [7, 11) is 0. The molecular weight excluding hydrogens is 284 g/mol. The number of aliphatic carboxylic acids is 1. The number of aryl methyl sites for hydroxylation is 1. The number of rotatable bonds is 3. The number of carboxylic acid groups (broad SMARTS) is 1. The lowest BCUT2D eigenvalue weighted by atomic mass is 10.0. The van der Waals surface area contributed by atoms with Crippen LogP contribution in [0.4, 0.5) is 0 Å². The third-order valence-corrected chi connectivity index (χ3v) is 3.32. The predicted octanol–water partition coefficient (Wildman–Crippen LogP) is 2.19. The summed E-state index contributed by atoms with van der Waals surface area (Å²) >= 11 is 3.40. The molecule has 1 atom stereocenters. The molecule has 0 saturated carbocycles. The summed E-state index contributed by atoms with van der Waals surface area (Å²) in [5.41, 5.74) is 8.51. The van der Waals surface area contributed by atoms with Crippen molar-refractivity contribution in [2.75, 3.05) is 0 Å². The van der Waals surface area contributed by atoms with E-state index in [9.17, 15) is 4.79 Å². The van der Waals surface area contributed by atoms with Crippen molar-refractivity contribution in [3.8, 4) is 0 Å². The van der Waals surface area contributed by atoms with Gasteiger partial charge in [0.25, 0.3) is 0 Å². The van der Waals surface area contributed by atoms with Gasteiger partial charge < -0.3 is 15.8 Å². The molecule has 0 amide bonds. The minimum Gasteiger partial charge on any atom is -0.480 e. The third kappa shape index (κ3) is 2.35. The van der Waals surface area contributed by atoms with E-state index in [0.717, 1.165) is 26.6 Å². The van der Waals surface area contributed by atoms with Gasteiger partial charge in [-0.15, -0.1) is 0 Å². The van der Waals surface area contributed by atoms with Gasteiger partial charge >= 0.3 is 5.97 Å². The number of carbonyl (C=O) groups is 1. The summed E-state index contributed by atoms with van der Waals surface area (Å²) in [6, 6.07) is 5.01. The minimum atomic E-state index is -0.976. The second-order valence-corrected chi connectivity index (χ2v) is 4.98. The quantitative estimate of drug-likeness (QED) is 0.812. The van der Waals surface area contributed by atoms with Gasteiger partial charge in [-0.2, -0.15) is 0 Å². The Bertz CT molecular complexity index is 577. The van der Waals surface area contributed by atoms with Gasteiger partial charge in [0.05, 0.1) is 0 Å². The van der Waals surface area contributed by atoms with Crippen LogP contribution in [0.15, 0.2) is 22.7 Å². The molecule has 5 heteroatoms. The topological polar surface area (TPSA) is 79.1 Å². The van der Waals surface area contributed by atoms with E-state index in [2.05, 4.69) is 20.9 Å². The van der Waals surface area contributed by atoms with Crippen molar-refractivity contribution in [3.63, 3.8) is 0 Å². The molecule has 1 heterocycles. The number of hydrogen-bond acceptors (Lipinski definition) is 2. The van der Waals surface area contributed by atoms with Crippen LogP contribution in [0.1, 0.15) is 11.3 Å². The zero-order valence-corrected chi connectivity index (χ0v) is 10.9. The number of nitrogens with two attached hydrogens (primary N) is 1. The number of nitrogens with one attached hydrogen (secondary N) is 1. The highest BCUT2D eigenvalue weighted by atomic mass is 79.9. The van der Waals surface area contributed by atoms with E-state index < -0.39 is 12.0 Å². The molecule has 4 nitrogen and oxygen atoms in total. The first-order chi connectivity index (χ1) is 7.99. The van der Waals surface area contributed by atoms with E-state index in [4.69, 9.17) is 10.8 Å². The molecule has 17 heavy (non-hydrogen) atoms. The fourth-order valence-corrected chi connectivity index (χ4v) is 2.29. The van der Waals surface area contributed by atoms with E-state index in [1.165, 1.54) is 0 Å². The molecule has 0 radical (unpaired) electrons. The van der Waals surface area contributed by atoms with Crippen LogP contribution in [0.5, 0.6) is 0 Å². The summed E-state index contributed by atoms with van der Waals surface area (Å²) in [4.78, 5) is 14.0. The smallest absolute Gasteiger partial charge is 0.320 e. The Morgan fingerprint density at radius 2 is 2.29 bits per heavy atom. The summed E-state index contributed by atoms with van der Waals surface area (Å²) in [5, 5.41) is 9.88.